The van der Waals surface area contributed by atoms with Gasteiger partial charge in [-0.15, -0.1) is 0 Å². The van der Waals surface area contributed by atoms with Crippen LogP contribution in [0.2, 0.25) is 5.02 Å². The molecule has 0 saturated carbocycles. The predicted molar refractivity (Wildman–Crippen MR) is 90.0 cm³/mol. The number of benzene rings is 1. The third-order valence-electron chi connectivity index (χ3n) is 4.27. The van der Waals surface area contributed by atoms with Crippen LogP contribution in [0.1, 0.15) is 45.6 Å². The molecule has 0 aromatic heterocycles. The summed E-state index contributed by atoms with van der Waals surface area (Å²) in [5, 5.41) is 4.30. The van der Waals surface area contributed by atoms with Crippen LogP contribution in [0.3, 0.4) is 0 Å². The summed E-state index contributed by atoms with van der Waals surface area (Å²) in [5.74, 6) is 0.616. The molecule has 1 N–H and O–H groups in total. The summed E-state index contributed by atoms with van der Waals surface area (Å²) in [5.41, 5.74) is 1.42. The first-order valence-corrected chi connectivity index (χ1v) is 8.49. The Balaban J connectivity index is 1.92. The van der Waals surface area contributed by atoms with Crippen molar-refractivity contribution in [1.82, 2.24) is 5.32 Å². The second-order valence-corrected chi connectivity index (χ2v) is 7.21. The summed E-state index contributed by atoms with van der Waals surface area (Å²) >= 11 is 5.97. The molecule has 1 aliphatic rings. The van der Waals surface area contributed by atoms with E-state index in [1.807, 2.05) is 12.1 Å². The van der Waals surface area contributed by atoms with Gasteiger partial charge in [0, 0.05) is 5.02 Å². The van der Waals surface area contributed by atoms with E-state index in [0.29, 0.717) is 12.0 Å². The fourth-order valence-electron chi connectivity index (χ4n) is 3.16. The minimum absolute atomic E-state index is 0.0632. The Labute approximate surface area is 134 Å². The van der Waals surface area contributed by atoms with Gasteiger partial charge >= 0.3 is 0 Å². The van der Waals surface area contributed by atoms with Crippen molar-refractivity contribution in [3.63, 3.8) is 0 Å². The number of rotatable bonds is 7. The summed E-state index contributed by atoms with van der Waals surface area (Å²) in [6.07, 6.45) is 5.00. The Morgan fingerprint density at radius 1 is 1.33 bits per heavy atom. The van der Waals surface area contributed by atoms with Crippen molar-refractivity contribution < 1.29 is 4.74 Å². The summed E-state index contributed by atoms with van der Waals surface area (Å²) in [7, 11) is 0. The lowest BCUT2D eigenvalue weighted by Gasteiger charge is -2.24. The van der Waals surface area contributed by atoms with E-state index in [4.69, 9.17) is 16.3 Å². The van der Waals surface area contributed by atoms with E-state index in [1.165, 1.54) is 18.4 Å². The molecule has 3 heteroatoms. The molecule has 2 nitrogen and oxygen atoms in total. The minimum atomic E-state index is 0.0632. The van der Waals surface area contributed by atoms with E-state index in [9.17, 15) is 0 Å². The lowest BCUT2D eigenvalue weighted by atomic mass is 9.92. The van der Waals surface area contributed by atoms with Crippen LogP contribution in [0, 0.1) is 5.92 Å². The molecule has 21 heavy (non-hydrogen) atoms. The summed E-state index contributed by atoms with van der Waals surface area (Å²) in [6, 6.07) is 8.24. The fourth-order valence-corrected chi connectivity index (χ4v) is 3.28. The molecule has 0 aliphatic carbocycles. The maximum absolute atomic E-state index is 6.17. The van der Waals surface area contributed by atoms with Crippen LogP contribution < -0.4 is 5.32 Å². The number of ether oxygens (including phenoxy) is 1. The molecular weight excluding hydrogens is 282 g/mol. The van der Waals surface area contributed by atoms with Gasteiger partial charge in [-0.05, 0) is 76.2 Å². The Kier molecular flexibility index (Phi) is 6.09. The van der Waals surface area contributed by atoms with E-state index >= 15 is 0 Å². The molecule has 1 fully saturated rings. The first kappa shape index (κ1) is 16.8. The van der Waals surface area contributed by atoms with E-state index in [0.717, 1.165) is 31.0 Å². The predicted octanol–water partition coefficient (Wildman–Crippen LogP) is 4.46. The van der Waals surface area contributed by atoms with Crippen LogP contribution in [-0.2, 0) is 11.2 Å². The Morgan fingerprint density at radius 2 is 2.05 bits per heavy atom. The standard InChI is InChI=1S/C18H28ClNO/c1-4-20-13-15(11-14-5-7-16(19)8-6-14)12-17-9-10-18(2,3)21-17/h5-8,15,17,20H,4,9-13H2,1-3H3. The van der Waals surface area contributed by atoms with E-state index in [-0.39, 0.29) is 5.60 Å². The molecule has 0 spiro atoms. The molecule has 2 unspecified atom stereocenters. The molecule has 118 valence electrons. The highest BCUT2D eigenvalue weighted by Gasteiger charge is 2.32. The highest BCUT2D eigenvalue weighted by molar-refractivity contribution is 6.30. The van der Waals surface area contributed by atoms with Gasteiger partial charge in [-0.1, -0.05) is 30.7 Å². The Morgan fingerprint density at radius 3 is 2.62 bits per heavy atom. The van der Waals surface area contributed by atoms with Crippen molar-refractivity contribution in [2.45, 2.75) is 58.2 Å². The lowest BCUT2D eigenvalue weighted by molar-refractivity contribution is -0.0244. The normalized spacial score (nSPS) is 22.4. The second kappa shape index (κ2) is 7.62. The highest BCUT2D eigenvalue weighted by atomic mass is 35.5. The molecule has 1 aliphatic heterocycles. The van der Waals surface area contributed by atoms with Crippen LogP contribution in [0.15, 0.2) is 24.3 Å². The van der Waals surface area contributed by atoms with Gasteiger partial charge in [-0.3, -0.25) is 0 Å². The molecule has 0 radical (unpaired) electrons. The molecule has 2 atom stereocenters. The number of hydrogen-bond donors (Lipinski definition) is 1. The van der Waals surface area contributed by atoms with Crippen LogP contribution in [0.4, 0.5) is 0 Å². The highest BCUT2D eigenvalue weighted by Crippen LogP contribution is 2.33. The van der Waals surface area contributed by atoms with E-state index in [1.54, 1.807) is 0 Å². The molecule has 1 heterocycles. The van der Waals surface area contributed by atoms with E-state index < -0.39 is 0 Å². The topological polar surface area (TPSA) is 21.3 Å². The third kappa shape index (κ3) is 5.61. The smallest absolute Gasteiger partial charge is 0.0631 e. The van der Waals surface area contributed by atoms with Crippen LogP contribution in [0.25, 0.3) is 0 Å². The molecule has 2 rings (SSSR count). The maximum Gasteiger partial charge on any atom is 0.0631 e. The number of hydrogen-bond acceptors (Lipinski definition) is 2. The largest absolute Gasteiger partial charge is 0.372 e. The van der Waals surface area contributed by atoms with Crippen molar-refractivity contribution in [2.75, 3.05) is 13.1 Å². The van der Waals surface area contributed by atoms with Crippen LogP contribution in [-0.4, -0.2) is 24.8 Å². The monoisotopic (exact) mass is 309 g/mol. The minimum Gasteiger partial charge on any atom is -0.372 e. The lowest BCUT2D eigenvalue weighted by Crippen LogP contribution is -2.28. The Bertz CT molecular complexity index is 429. The molecule has 1 saturated heterocycles. The van der Waals surface area contributed by atoms with Crippen molar-refractivity contribution in [1.29, 1.82) is 0 Å². The van der Waals surface area contributed by atoms with Crippen LogP contribution in [0.5, 0.6) is 0 Å². The number of nitrogens with one attached hydrogen (secondary N) is 1. The van der Waals surface area contributed by atoms with E-state index in [2.05, 4.69) is 38.2 Å². The molecule has 0 amide bonds. The van der Waals surface area contributed by atoms with Crippen molar-refractivity contribution in [3.05, 3.63) is 34.9 Å². The van der Waals surface area contributed by atoms with Crippen molar-refractivity contribution >= 4 is 11.6 Å². The summed E-state index contributed by atoms with van der Waals surface area (Å²) in [6.45, 7) is 8.64. The number of halogens is 1. The zero-order valence-corrected chi connectivity index (χ0v) is 14.2. The van der Waals surface area contributed by atoms with Gasteiger partial charge < -0.3 is 10.1 Å². The van der Waals surface area contributed by atoms with Crippen molar-refractivity contribution in [2.24, 2.45) is 5.92 Å². The van der Waals surface area contributed by atoms with Gasteiger partial charge in [0.25, 0.3) is 0 Å². The molecular formula is C18H28ClNO. The summed E-state index contributed by atoms with van der Waals surface area (Å²) in [4.78, 5) is 0. The first-order valence-electron chi connectivity index (χ1n) is 8.11. The van der Waals surface area contributed by atoms with Crippen LogP contribution >= 0.6 is 11.6 Å². The van der Waals surface area contributed by atoms with Gasteiger partial charge in [0.15, 0.2) is 0 Å². The molecule has 1 aromatic carbocycles. The fraction of sp³-hybridized carbons (Fsp3) is 0.667. The van der Waals surface area contributed by atoms with Gasteiger partial charge in [0.1, 0.15) is 0 Å². The molecule has 0 bridgehead atoms. The second-order valence-electron chi connectivity index (χ2n) is 6.78. The quantitative estimate of drug-likeness (QED) is 0.803. The average Bonchev–Trinajstić information content (AvgIpc) is 2.78. The first-order chi connectivity index (χ1) is 9.98. The Hall–Kier alpha value is -0.570. The average molecular weight is 310 g/mol. The van der Waals surface area contributed by atoms with Gasteiger partial charge in [-0.25, -0.2) is 0 Å². The molecule has 1 aromatic rings. The van der Waals surface area contributed by atoms with Crippen molar-refractivity contribution in [3.8, 4) is 0 Å². The third-order valence-corrected chi connectivity index (χ3v) is 4.52. The van der Waals surface area contributed by atoms with Gasteiger partial charge in [0.05, 0.1) is 11.7 Å². The SMILES string of the molecule is CCNCC(Cc1ccc(Cl)cc1)CC1CCC(C)(C)O1. The zero-order valence-electron chi connectivity index (χ0n) is 13.5. The zero-order chi connectivity index (χ0) is 15.3. The summed E-state index contributed by atoms with van der Waals surface area (Å²) < 4.78 is 6.17. The van der Waals surface area contributed by atoms with Gasteiger partial charge in [0.2, 0.25) is 0 Å². The maximum atomic E-state index is 6.17. The van der Waals surface area contributed by atoms with Gasteiger partial charge in [-0.2, -0.15) is 0 Å².